The van der Waals surface area contributed by atoms with E-state index in [0.717, 1.165) is 16.3 Å². The van der Waals surface area contributed by atoms with Crippen LogP contribution in [0.15, 0.2) is 66.7 Å². The summed E-state index contributed by atoms with van der Waals surface area (Å²) >= 11 is 0. The zero-order valence-electron chi connectivity index (χ0n) is 15.3. The van der Waals surface area contributed by atoms with E-state index in [2.05, 4.69) is 5.32 Å². The van der Waals surface area contributed by atoms with Crippen LogP contribution in [0.25, 0.3) is 10.8 Å². The van der Waals surface area contributed by atoms with Crippen molar-refractivity contribution >= 4 is 28.3 Å². The molecule has 5 nitrogen and oxygen atoms in total. The van der Waals surface area contributed by atoms with Crippen LogP contribution in [0.2, 0.25) is 0 Å². The Balaban J connectivity index is 1.56. The Morgan fingerprint density at radius 1 is 0.963 bits per heavy atom. The fourth-order valence-corrected chi connectivity index (χ4v) is 2.73. The van der Waals surface area contributed by atoms with Crippen molar-refractivity contribution in [1.82, 2.24) is 0 Å². The smallest absolute Gasteiger partial charge is 0.311 e. The third-order valence-corrected chi connectivity index (χ3v) is 4.20. The molecule has 1 N–H and O–H groups in total. The van der Waals surface area contributed by atoms with E-state index in [4.69, 9.17) is 9.47 Å². The van der Waals surface area contributed by atoms with Gasteiger partial charge < -0.3 is 14.8 Å². The van der Waals surface area contributed by atoms with Gasteiger partial charge in [0.25, 0.3) is 5.91 Å². The number of anilines is 1. The van der Waals surface area contributed by atoms with Crippen molar-refractivity contribution in [3.63, 3.8) is 0 Å². The highest BCUT2D eigenvalue weighted by molar-refractivity contribution is 5.95. The fraction of sp³-hybridized carbons (Fsp3) is 0.182. The molecule has 0 aliphatic rings. The normalized spacial score (nSPS) is 11.6. The van der Waals surface area contributed by atoms with E-state index in [1.54, 1.807) is 38.3 Å². The first-order valence-corrected chi connectivity index (χ1v) is 8.67. The van der Waals surface area contributed by atoms with Gasteiger partial charge in [-0.25, -0.2) is 0 Å². The molecule has 0 aliphatic heterocycles. The summed E-state index contributed by atoms with van der Waals surface area (Å²) < 4.78 is 10.3. The maximum Gasteiger partial charge on any atom is 0.311 e. The average Bonchev–Trinajstić information content (AvgIpc) is 2.68. The molecule has 1 atom stereocenters. The molecule has 0 fully saturated rings. The number of carbonyl (C=O) groups is 2. The highest BCUT2D eigenvalue weighted by Crippen LogP contribution is 2.17. The van der Waals surface area contributed by atoms with Crippen molar-refractivity contribution in [3.8, 4) is 5.75 Å². The number of carbonyl (C=O) groups excluding carboxylic acids is 2. The van der Waals surface area contributed by atoms with Crippen molar-refractivity contribution in [3.05, 3.63) is 72.3 Å². The minimum absolute atomic E-state index is 0.116. The predicted molar refractivity (Wildman–Crippen MR) is 105 cm³/mol. The molecule has 3 rings (SSSR count). The van der Waals surface area contributed by atoms with Gasteiger partial charge in [0.05, 0.1) is 13.5 Å². The Kier molecular flexibility index (Phi) is 5.71. The first kappa shape index (κ1) is 18.5. The van der Waals surface area contributed by atoms with E-state index in [-0.39, 0.29) is 12.3 Å². The van der Waals surface area contributed by atoms with Crippen molar-refractivity contribution in [2.24, 2.45) is 0 Å². The van der Waals surface area contributed by atoms with Gasteiger partial charge in [0.15, 0.2) is 6.10 Å². The molecule has 0 aromatic heterocycles. The Hall–Kier alpha value is -3.34. The maximum atomic E-state index is 12.2. The molecule has 0 heterocycles. The lowest BCUT2D eigenvalue weighted by Gasteiger charge is -2.14. The van der Waals surface area contributed by atoms with Gasteiger partial charge in [-0.2, -0.15) is 0 Å². The number of hydrogen-bond acceptors (Lipinski definition) is 4. The molecule has 0 unspecified atom stereocenters. The molecule has 138 valence electrons. The van der Waals surface area contributed by atoms with Gasteiger partial charge in [0.1, 0.15) is 5.75 Å². The number of methoxy groups -OCH3 is 1. The van der Waals surface area contributed by atoms with Crippen LogP contribution in [0.1, 0.15) is 12.5 Å². The summed E-state index contributed by atoms with van der Waals surface area (Å²) in [6.45, 7) is 1.55. The summed E-state index contributed by atoms with van der Waals surface area (Å²) in [6.07, 6.45) is -0.773. The van der Waals surface area contributed by atoms with Crippen LogP contribution in [0, 0.1) is 0 Å². The molecule has 0 bridgehead atoms. The number of benzene rings is 3. The largest absolute Gasteiger partial charge is 0.497 e. The maximum absolute atomic E-state index is 12.2. The van der Waals surface area contributed by atoms with Crippen molar-refractivity contribution in [1.29, 1.82) is 0 Å². The van der Waals surface area contributed by atoms with Gasteiger partial charge >= 0.3 is 5.97 Å². The number of fused-ring (bicyclic) bond motifs is 1. The molecule has 0 radical (unpaired) electrons. The lowest BCUT2D eigenvalue weighted by Crippen LogP contribution is -2.30. The van der Waals surface area contributed by atoms with Gasteiger partial charge in [0.2, 0.25) is 0 Å². The van der Waals surface area contributed by atoms with Crippen LogP contribution in [0.5, 0.6) is 5.75 Å². The van der Waals surface area contributed by atoms with E-state index in [0.29, 0.717) is 11.4 Å². The Bertz CT molecular complexity index is 950. The van der Waals surface area contributed by atoms with Gasteiger partial charge in [0, 0.05) is 5.69 Å². The first-order valence-electron chi connectivity index (χ1n) is 8.67. The molecule has 3 aromatic carbocycles. The van der Waals surface area contributed by atoms with Gasteiger partial charge in [-0.3, -0.25) is 9.59 Å². The minimum Gasteiger partial charge on any atom is -0.497 e. The molecule has 1 amide bonds. The van der Waals surface area contributed by atoms with Crippen molar-refractivity contribution < 1.29 is 19.1 Å². The monoisotopic (exact) mass is 363 g/mol. The summed E-state index contributed by atoms with van der Waals surface area (Å²) in [5, 5.41) is 4.89. The predicted octanol–water partition coefficient (Wildman–Crippen LogP) is 3.96. The summed E-state index contributed by atoms with van der Waals surface area (Å²) in [5.41, 5.74) is 1.46. The number of nitrogens with one attached hydrogen (secondary N) is 1. The number of rotatable bonds is 6. The molecule has 0 aliphatic carbocycles. The third-order valence-electron chi connectivity index (χ3n) is 4.20. The van der Waals surface area contributed by atoms with Crippen LogP contribution in [0.3, 0.4) is 0 Å². The minimum atomic E-state index is -0.889. The summed E-state index contributed by atoms with van der Waals surface area (Å²) in [5.74, 6) is -0.127. The van der Waals surface area contributed by atoms with Crippen molar-refractivity contribution in [2.45, 2.75) is 19.4 Å². The number of amides is 1. The summed E-state index contributed by atoms with van der Waals surface area (Å²) in [4.78, 5) is 24.4. The summed E-state index contributed by atoms with van der Waals surface area (Å²) in [6, 6.07) is 20.7. The standard InChI is InChI=1S/C22H21NO4/c1-15(22(25)23-19-9-11-20(26-2)12-10-19)27-21(24)14-16-7-8-17-5-3-4-6-18(17)13-16/h3-13,15H,14H2,1-2H3,(H,23,25)/t15-/m1/s1. The van der Waals surface area contributed by atoms with Crippen LogP contribution in [-0.2, 0) is 20.7 Å². The van der Waals surface area contributed by atoms with E-state index in [9.17, 15) is 9.59 Å². The lowest BCUT2D eigenvalue weighted by atomic mass is 10.1. The van der Waals surface area contributed by atoms with Crippen LogP contribution in [-0.4, -0.2) is 25.1 Å². The second-order valence-corrected chi connectivity index (χ2v) is 6.21. The Labute approximate surface area is 157 Å². The van der Waals surface area contributed by atoms with Crippen LogP contribution >= 0.6 is 0 Å². The molecule has 27 heavy (non-hydrogen) atoms. The number of hydrogen-bond donors (Lipinski definition) is 1. The van der Waals surface area contributed by atoms with Gasteiger partial charge in [-0.1, -0.05) is 42.5 Å². The first-order chi connectivity index (χ1) is 13.0. The number of esters is 1. The molecule has 0 saturated carbocycles. The van der Waals surface area contributed by atoms with Crippen molar-refractivity contribution in [2.75, 3.05) is 12.4 Å². The average molecular weight is 363 g/mol. The van der Waals surface area contributed by atoms with E-state index in [1.165, 1.54) is 0 Å². The topological polar surface area (TPSA) is 64.6 Å². The molecule has 0 saturated heterocycles. The number of ether oxygens (including phenoxy) is 2. The highest BCUT2D eigenvalue weighted by atomic mass is 16.5. The quantitative estimate of drug-likeness (QED) is 0.673. The van der Waals surface area contributed by atoms with E-state index in [1.807, 2.05) is 42.5 Å². The second-order valence-electron chi connectivity index (χ2n) is 6.21. The van der Waals surface area contributed by atoms with Crippen LogP contribution < -0.4 is 10.1 Å². The zero-order valence-corrected chi connectivity index (χ0v) is 15.3. The zero-order chi connectivity index (χ0) is 19.2. The van der Waals surface area contributed by atoms with Gasteiger partial charge in [-0.05, 0) is 47.5 Å². The molecule has 5 heteroatoms. The van der Waals surface area contributed by atoms with Crippen LogP contribution in [0.4, 0.5) is 5.69 Å². The molecular weight excluding hydrogens is 342 g/mol. The Morgan fingerprint density at radius 2 is 1.67 bits per heavy atom. The highest BCUT2D eigenvalue weighted by Gasteiger charge is 2.18. The van der Waals surface area contributed by atoms with E-state index >= 15 is 0 Å². The molecule has 3 aromatic rings. The van der Waals surface area contributed by atoms with E-state index < -0.39 is 12.1 Å². The lowest BCUT2D eigenvalue weighted by molar-refractivity contribution is -0.152. The molecular formula is C22H21NO4. The summed E-state index contributed by atoms with van der Waals surface area (Å²) in [7, 11) is 1.57. The SMILES string of the molecule is COc1ccc(NC(=O)[C@@H](C)OC(=O)Cc2ccc3ccccc3c2)cc1. The molecule has 0 spiro atoms. The second kappa shape index (κ2) is 8.36. The Morgan fingerprint density at radius 3 is 2.37 bits per heavy atom. The third kappa shape index (κ3) is 4.85. The van der Waals surface area contributed by atoms with Gasteiger partial charge in [-0.15, -0.1) is 0 Å². The fourth-order valence-electron chi connectivity index (χ4n) is 2.73.